The molecule has 0 aliphatic carbocycles. The van der Waals surface area contributed by atoms with E-state index in [1.165, 1.54) is 7.11 Å². The van der Waals surface area contributed by atoms with Crippen LogP contribution in [0.2, 0.25) is 0 Å². The number of carbonyl (C=O) groups is 1. The molecular weight excluding hydrogens is 242 g/mol. The number of nitrogens with zero attached hydrogens (tertiary/aromatic N) is 1. The predicted octanol–water partition coefficient (Wildman–Crippen LogP) is 2.74. The van der Waals surface area contributed by atoms with Gasteiger partial charge in [-0.05, 0) is 35.9 Å². The van der Waals surface area contributed by atoms with Gasteiger partial charge in [0, 0.05) is 6.20 Å². The molecular formula is C15H13NO3. The minimum atomic E-state index is -0.363. The summed E-state index contributed by atoms with van der Waals surface area (Å²) in [6.07, 6.45) is 5.13. The van der Waals surface area contributed by atoms with Crippen molar-refractivity contribution in [1.82, 2.24) is 4.98 Å². The number of benzene rings is 1. The molecule has 0 saturated heterocycles. The molecule has 0 bridgehead atoms. The van der Waals surface area contributed by atoms with Crippen LogP contribution >= 0.6 is 0 Å². The largest absolute Gasteiger partial charge is 0.506 e. The summed E-state index contributed by atoms with van der Waals surface area (Å²) in [5, 5.41) is 9.56. The lowest BCUT2D eigenvalue weighted by Gasteiger charge is -2.00. The highest BCUT2D eigenvalue weighted by Crippen LogP contribution is 2.16. The molecule has 19 heavy (non-hydrogen) atoms. The minimum Gasteiger partial charge on any atom is -0.506 e. The Kier molecular flexibility index (Phi) is 3.93. The molecule has 0 fully saturated rings. The molecule has 0 amide bonds. The Hall–Kier alpha value is -2.62. The second-order valence-electron chi connectivity index (χ2n) is 3.85. The summed E-state index contributed by atoms with van der Waals surface area (Å²) >= 11 is 0. The monoisotopic (exact) mass is 255 g/mol. The maximum absolute atomic E-state index is 11.3. The number of esters is 1. The Morgan fingerprint density at radius 2 is 1.95 bits per heavy atom. The maximum atomic E-state index is 11.3. The van der Waals surface area contributed by atoms with Gasteiger partial charge in [0.2, 0.25) is 0 Å². The standard InChI is InChI=1S/C15H13NO3/c1-19-15(18)12-7-4-11(5-8-12)6-9-13-14(17)3-2-10-16-13/h2-10,17H,1H3/b9-6+. The van der Waals surface area contributed by atoms with Crippen molar-refractivity contribution in [2.75, 3.05) is 7.11 Å². The van der Waals surface area contributed by atoms with Gasteiger partial charge in [-0.25, -0.2) is 4.79 Å². The number of hydrogen-bond donors (Lipinski definition) is 1. The van der Waals surface area contributed by atoms with Crippen molar-refractivity contribution < 1.29 is 14.6 Å². The normalized spacial score (nSPS) is 10.6. The molecule has 4 nitrogen and oxygen atoms in total. The summed E-state index contributed by atoms with van der Waals surface area (Å²) in [7, 11) is 1.35. The molecule has 0 spiro atoms. The summed E-state index contributed by atoms with van der Waals surface area (Å²) < 4.78 is 4.62. The zero-order valence-corrected chi connectivity index (χ0v) is 10.4. The van der Waals surface area contributed by atoms with Crippen molar-refractivity contribution in [3.63, 3.8) is 0 Å². The van der Waals surface area contributed by atoms with Gasteiger partial charge >= 0.3 is 5.97 Å². The van der Waals surface area contributed by atoms with Crippen molar-refractivity contribution >= 4 is 18.1 Å². The van der Waals surface area contributed by atoms with E-state index in [2.05, 4.69) is 9.72 Å². The molecule has 1 aromatic heterocycles. The van der Waals surface area contributed by atoms with Gasteiger partial charge in [0.25, 0.3) is 0 Å². The summed E-state index contributed by atoms with van der Waals surface area (Å²) in [6.45, 7) is 0. The fourth-order valence-corrected chi connectivity index (χ4v) is 1.56. The molecule has 2 rings (SSSR count). The van der Waals surface area contributed by atoms with Crippen molar-refractivity contribution in [2.24, 2.45) is 0 Å². The number of carbonyl (C=O) groups excluding carboxylic acids is 1. The van der Waals surface area contributed by atoms with Gasteiger partial charge in [0.15, 0.2) is 0 Å². The van der Waals surface area contributed by atoms with Crippen LogP contribution in [0.3, 0.4) is 0 Å². The summed E-state index contributed by atoms with van der Waals surface area (Å²) in [4.78, 5) is 15.3. The number of ether oxygens (including phenoxy) is 1. The van der Waals surface area contributed by atoms with Crippen LogP contribution < -0.4 is 0 Å². The second-order valence-corrected chi connectivity index (χ2v) is 3.85. The van der Waals surface area contributed by atoms with Crippen LogP contribution in [0.5, 0.6) is 5.75 Å². The third kappa shape index (κ3) is 3.19. The quantitative estimate of drug-likeness (QED) is 0.857. The van der Waals surface area contributed by atoms with E-state index in [4.69, 9.17) is 0 Å². The second kappa shape index (κ2) is 5.82. The molecule has 0 radical (unpaired) electrons. The number of hydrogen-bond acceptors (Lipinski definition) is 4. The molecule has 1 aromatic carbocycles. The number of aromatic nitrogens is 1. The maximum Gasteiger partial charge on any atom is 0.337 e. The average molecular weight is 255 g/mol. The van der Waals surface area contributed by atoms with Crippen LogP contribution in [0.25, 0.3) is 12.2 Å². The number of aromatic hydroxyl groups is 1. The number of methoxy groups -OCH3 is 1. The lowest BCUT2D eigenvalue weighted by Crippen LogP contribution is -2.00. The summed E-state index contributed by atoms with van der Waals surface area (Å²) in [5.74, 6) is -0.233. The molecule has 0 atom stereocenters. The molecule has 96 valence electrons. The zero-order valence-electron chi connectivity index (χ0n) is 10.4. The van der Waals surface area contributed by atoms with Crippen LogP contribution in [-0.4, -0.2) is 23.2 Å². The molecule has 0 saturated carbocycles. The van der Waals surface area contributed by atoms with E-state index in [-0.39, 0.29) is 11.7 Å². The smallest absolute Gasteiger partial charge is 0.337 e. The fraction of sp³-hybridized carbons (Fsp3) is 0.0667. The third-order valence-electron chi connectivity index (χ3n) is 2.58. The van der Waals surface area contributed by atoms with E-state index in [1.54, 1.807) is 48.7 Å². The van der Waals surface area contributed by atoms with E-state index in [9.17, 15) is 9.90 Å². The molecule has 0 aliphatic rings. The topological polar surface area (TPSA) is 59.4 Å². The van der Waals surface area contributed by atoms with E-state index < -0.39 is 0 Å². The van der Waals surface area contributed by atoms with Crippen LogP contribution in [0.4, 0.5) is 0 Å². The van der Waals surface area contributed by atoms with E-state index in [0.717, 1.165) is 5.56 Å². The van der Waals surface area contributed by atoms with Gasteiger partial charge in [-0.3, -0.25) is 4.98 Å². The molecule has 4 heteroatoms. The zero-order chi connectivity index (χ0) is 13.7. The van der Waals surface area contributed by atoms with Gasteiger partial charge in [0.05, 0.1) is 12.7 Å². The number of rotatable bonds is 3. The van der Waals surface area contributed by atoms with Gasteiger partial charge in [-0.2, -0.15) is 0 Å². The highest BCUT2D eigenvalue weighted by Gasteiger charge is 2.03. The van der Waals surface area contributed by atoms with Gasteiger partial charge in [-0.15, -0.1) is 0 Å². The Morgan fingerprint density at radius 1 is 1.21 bits per heavy atom. The SMILES string of the molecule is COC(=O)c1ccc(/C=C/c2ncccc2O)cc1. The van der Waals surface area contributed by atoms with Crippen LogP contribution in [0, 0.1) is 0 Å². The van der Waals surface area contributed by atoms with E-state index in [1.807, 2.05) is 6.08 Å². The van der Waals surface area contributed by atoms with Crippen molar-refractivity contribution in [2.45, 2.75) is 0 Å². The van der Waals surface area contributed by atoms with Gasteiger partial charge < -0.3 is 9.84 Å². The molecule has 0 aliphatic heterocycles. The average Bonchev–Trinajstić information content (AvgIpc) is 2.46. The molecule has 1 heterocycles. The van der Waals surface area contributed by atoms with Crippen LogP contribution in [0.1, 0.15) is 21.6 Å². The van der Waals surface area contributed by atoms with Crippen LogP contribution in [0.15, 0.2) is 42.6 Å². The summed E-state index contributed by atoms with van der Waals surface area (Å²) in [6, 6.07) is 10.2. The molecule has 0 unspecified atom stereocenters. The first-order valence-electron chi connectivity index (χ1n) is 5.71. The van der Waals surface area contributed by atoms with E-state index >= 15 is 0 Å². The van der Waals surface area contributed by atoms with Gasteiger partial charge in [0.1, 0.15) is 11.4 Å². The lowest BCUT2D eigenvalue weighted by atomic mass is 10.1. The summed E-state index contributed by atoms with van der Waals surface area (Å²) in [5.41, 5.74) is 1.90. The highest BCUT2D eigenvalue weighted by molar-refractivity contribution is 5.89. The van der Waals surface area contributed by atoms with Crippen molar-refractivity contribution in [3.05, 3.63) is 59.4 Å². The Morgan fingerprint density at radius 3 is 2.58 bits per heavy atom. The fourth-order valence-electron chi connectivity index (χ4n) is 1.56. The Balaban J connectivity index is 2.16. The molecule has 1 N–H and O–H groups in total. The highest BCUT2D eigenvalue weighted by atomic mass is 16.5. The molecule has 2 aromatic rings. The first kappa shape index (κ1) is 12.8. The van der Waals surface area contributed by atoms with E-state index in [0.29, 0.717) is 11.3 Å². The predicted molar refractivity (Wildman–Crippen MR) is 72.6 cm³/mol. The third-order valence-corrected chi connectivity index (χ3v) is 2.58. The van der Waals surface area contributed by atoms with Crippen molar-refractivity contribution in [1.29, 1.82) is 0 Å². The Labute approximate surface area is 111 Å². The Bertz CT molecular complexity index is 603. The van der Waals surface area contributed by atoms with Crippen molar-refractivity contribution in [3.8, 4) is 5.75 Å². The first-order valence-corrected chi connectivity index (χ1v) is 5.71. The number of pyridine rings is 1. The van der Waals surface area contributed by atoms with Crippen LogP contribution in [-0.2, 0) is 4.74 Å². The first-order chi connectivity index (χ1) is 9.20. The van der Waals surface area contributed by atoms with Gasteiger partial charge in [-0.1, -0.05) is 18.2 Å². The minimum absolute atomic E-state index is 0.130. The lowest BCUT2D eigenvalue weighted by molar-refractivity contribution is 0.0600.